The Hall–Kier alpha value is -3.30. The normalized spacial score (nSPS) is 13.1. The Bertz CT molecular complexity index is 1090. The summed E-state index contributed by atoms with van der Waals surface area (Å²) in [5.41, 5.74) is 2.23. The molecule has 1 aromatic heterocycles. The van der Waals surface area contributed by atoms with Gasteiger partial charge in [-0.1, -0.05) is 36.0 Å². The van der Waals surface area contributed by atoms with Crippen LogP contribution in [0.25, 0.3) is 0 Å². The first kappa shape index (κ1) is 20.0. The minimum Gasteiger partial charge on any atom is -0.357 e. The number of nitriles is 1. The van der Waals surface area contributed by atoms with Gasteiger partial charge in [0.2, 0.25) is 0 Å². The molecule has 30 heavy (non-hydrogen) atoms. The van der Waals surface area contributed by atoms with E-state index in [1.165, 1.54) is 24.6 Å². The van der Waals surface area contributed by atoms with Gasteiger partial charge in [-0.2, -0.15) is 5.26 Å². The van der Waals surface area contributed by atoms with E-state index in [-0.39, 0.29) is 5.91 Å². The van der Waals surface area contributed by atoms with E-state index < -0.39 is 0 Å². The van der Waals surface area contributed by atoms with Gasteiger partial charge in [-0.25, -0.2) is 4.98 Å². The van der Waals surface area contributed by atoms with Crippen LogP contribution in [0.3, 0.4) is 0 Å². The van der Waals surface area contributed by atoms with E-state index in [9.17, 15) is 10.1 Å². The molecule has 150 valence electrons. The molecule has 1 N–H and O–H groups in total. The minimum absolute atomic E-state index is 0.132. The second-order valence-corrected chi connectivity index (χ2v) is 8.19. The van der Waals surface area contributed by atoms with Gasteiger partial charge >= 0.3 is 0 Å². The van der Waals surface area contributed by atoms with E-state index in [2.05, 4.69) is 27.3 Å². The molecule has 0 atom stereocenters. The van der Waals surface area contributed by atoms with Crippen molar-refractivity contribution in [1.29, 1.82) is 5.26 Å². The lowest BCUT2D eigenvalue weighted by atomic mass is 10.2. The zero-order valence-electron chi connectivity index (χ0n) is 16.5. The molecule has 1 fully saturated rings. The van der Waals surface area contributed by atoms with Crippen molar-refractivity contribution in [3.8, 4) is 6.07 Å². The first-order valence-electron chi connectivity index (χ1n) is 9.99. The molecule has 1 aliphatic rings. The van der Waals surface area contributed by atoms with Crippen LogP contribution < -0.4 is 10.2 Å². The van der Waals surface area contributed by atoms with Crippen LogP contribution in [0.2, 0.25) is 0 Å². The summed E-state index contributed by atoms with van der Waals surface area (Å²) in [5, 5.41) is 12.4. The molecule has 1 aliphatic heterocycles. The summed E-state index contributed by atoms with van der Waals surface area (Å²) in [6.45, 7) is 2.52. The van der Waals surface area contributed by atoms with E-state index in [1.54, 1.807) is 12.3 Å². The van der Waals surface area contributed by atoms with Crippen molar-refractivity contribution in [3.63, 3.8) is 0 Å². The van der Waals surface area contributed by atoms with Crippen molar-refractivity contribution in [2.24, 2.45) is 0 Å². The molecule has 1 saturated heterocycles. The van der Waals surface area contributed by atoms with Gasteiger partial charge in [0.05, 0.1) is 11.1 Å². The lowest BCUT2D eigenvalue weighted by Gasteiger charge is -2.17. The van der Waals surface area contributed by atoms with Crippen LogP contribution in [-0.2, 0) is 6.54 Å². The molecular formula is C24H22N4OS. The number of carbonyl (C=O) groups excluding carboxylic acids is 1. The zero-order valence-corrected chi connectivity index (χ0v) is 17.4. The van der Waals surface area contributed by atoms with Crippen LogP contribution in [0.1, 0.15) is 34.3 Å². The van der Waals surface area contributed by atoms with E-state index in [1.807, 2.05) is 48.5 Å². The molecule has 0 unspecified atom stereocenters. The predicted molar refractivity (Wildman–Crippen MR) is 119 cm³/mol. The van der Waals surface area contributed by atoms with Crippen molar-refractivity contribution in [1.82, 2.24) is 10.3 Å². The maximum Gasteiger partial charge on any atom is 0.252 e. The Balaban J connectivity index is 1.47. The Labute approximate surface area is 180 Å². The average Bonchev–Trinajstić information content (AvgIpc) is 3.33. The molecule has 0 spiro atoms. The summed E-state index contributed by atoms with van der Waals surface area (Å²) in [6.07, 6.45) is 4.20. The second kappa shape index (κ2) is 9.47. The zero-order chi connectivity index (χ0) is 20.8. The number of carbonyl (C=O) groups is 1. The molecule has 0 bridgehead atoms. The summed E-state index contributed by atoms with van der Waals surface area (Å²) in [4.78, 5) is 21.3. The van der Waals surface area contributed by atoms with Crippen LogP contribution in [0.4, 0.5) is 5.82 Å². The van der Waals surface area contributed by atoms with Crippen molar-refractivity contribution in [2.75, 3.05) is 18.0 Å². The van der Waals surface area contributed by atoms with Crippen LogP contribution in [0, 0.1) is 11.3 Å². The highest BCUT2D eigenvalue weighted by Gasteiger charge is 2.15. The summed E-state index contributed by atoms with van der Waals surface area (Å²) < 4.78 is 0. The molecule has 5 nitrogen and oxygen atoms in total. The highest BCUT2D eigenvalue weighted by Crippen LogP contribution is 2.32. The highest BCUT2D eigenvalue weighted by atomic mass is 32.2. The fourth-order valence-electron chi connectivity index (χ4n) is 3.48. The molecule has 2 heterocycles. The number of benzene rings is 2. The number of nitrogens with zero attached hydrogens (tertiary/aromatic N) is 3. The first-order valence-corrected chi connectivity index (χ1v) is 10.8. The molecule has 0 aliphatic carbocycles. The van der Waals surface area contributed by atoms with Crippen molar-refractivity contribution in [2.45, 2.75) is 29.2 Å². The van der Waals surface area contributed by atoms with Gasteiger partial charge in [0.1, 0.15) is 11.9 Å². The number of pyridine rings is 1. The standard InChI is InChI=1S/C24H22N4OS/c25-16-19-7-1-3-9-21(19)30-22-10-4-2-8-20(22)24(29)27-17-18-11-12-26-23(15-18)28-13-5-6-14-28/h1-4,7-12,15H,5-6,13-14,17H2,(H,27,29). The maximum atomic E-state index is 12.9. The van der Waals surface area contributed by atoms with Gasteiger partial charge in [-0.3, -0.25) is 4.79 Å². The molecule has 0 radical (unpaired) electrons. The monoisotopic (exact) mass is 414 g/mol. The van der Waals surface area contributed by atoms with Gasteiger partial charge in [0, 0.05) is 35.6 Å². The van der Waals surface area contributed by atoms with E-state index in [4.69, 9.17) is 0 Å². The summed E-state index contributed by atoms with van der Waals surface area (Å²) in [5.74, 6) is 0.843. The lowest BCUT2D eigenvalue weighted by molar-refractivity contribution is 0.0948. The SMILES string of the molecule is N#Cc1ccccc1Sc1ccccc1C(=O)NCc1ccnc(N2CCCC2)c1. The Morgan fingerprint density at radius 2 is 1.80 bits per heavy atom. The fraction of sp³-hybridized carbons (Fsp3) is 0.208. The molecule has 0 saturated carbocycles. The number of rotatable bonds is 6. The Kier molecular flexibility index (Phi) is 6.31. The first-order chi connectivity index (χ1) is 14.7. The highest BCUT2D eigenvalue weighted by molar-refractivity contribution is 7.99. The number of aromatic nitrogens is 1. The third-order valence-electron chi connectivity index (χ3n) is 5.05. The van der Waals surface area contributed by atoms with Crippen molar-refractivity contribution in [3.05, 3.63) is 83.6 Å². The van der Waals surface area contributed by atoms with Crippen molar-refractivity contribution < 1.29 is 4.79 Å². The van der Waals surface area contributed by atoms with Gasteiger partial charge in [0.25, 0.3) is 5.91 Å². The van der Waals surface area contributed by atoms with Crippen molar-refractivity contribution >= 4 is 23.5 Å². The van der Waals surface area contributed by atoms with Gasteiger partial charge < -0.3 is 10.2 Å². The largest absolute Gasteiger partial charge is 0.357 e. The number of hydrogen-bond donors (Lipinski definition) is 1. The minimum atomic E-state index is -0.132. The average molecular weight is 415 g/mol. The molecule has 2 aromatic carbocycles. The van der Waals surface area contributed by atoms with E-state index >= 15 is 0 Å². The Morgan fingerprint density at radius 3 is 2.60 bits per heavy atom. The fourth-order valence-corrected chi connectivity index (χ4v) is 4.50. The lowest BCUT2D eigenvalue weighted by Crippen LogP contribution is -2.24. The van der Waals surface area contributed by atoms with Crippen LogP contribution in [0.5, 0.6) is 0 Å². The summed E-state index contributed by atoms with van der Waals surface area (Å²) in [6, 6.07) is 21.1. The molecule has 6 heteroatoms. The predicted octanol–water partition coefficient (Wildman–Crippen LogP) is 4.63. The smallest absolute Gasteiger partial charge is 0.252 e. The molecule has 4 rings (SSSR count). The van der Waals surface area contributed by atoms with Crippen LogP contribution >= 0.6 is 11.8 Å². The van der Waals surface area contributed by atoms with Crippen LogP contribution in [0.15, 0.2) is 76.7 Å². The second-order valence-electron chi connectivity index (χ2n) is 7.11. The maximum absolute atomic E-state index is 12.9. The van der Waals surface area contributed by atoms with Gasteiger partial charge in [-0.05, 0) is 54.8 Å². The molecule has 3 aromatic rings. The van der Waals surface area contributed by atoms with Gasteiger partial charge in [0.15, 0.2) is 0 Å². The van der Waals surface area contributed by atoms with E-state index in [0.717, 1.165) is 34.3 Å². The Morgan fingerprint density at radius 1 is 1.07 bits per heavy atom. The third-order valence-corrected chi connectivity index (χ3v) is 6.20. The number of anilines is 1. The molecule has 1 amide bonds. The van der Waals surface area contributed by atoms with Gasteiger partial charge in [-0.15, -0.1) is 0 Å². The number of hydrogen-bond acceptors (Lipinski definition) is 5. The number of nitrogens with one attached hydrogen (secondary N) is 1. The topological polar surface area (TPSA) is 69.0 Å². The van der Waals surface area contributed by atoms with E-state index in [0.29, 0.717) is 17.7 Å². The van der Waals surface area contributed by atoms with Crippen LogP contribution in [-0.4, -0.2) is 24.0 Å². The molecular weight excluding hydrogens is 392 g/mol. The summed E-state index contributed by atoms with van der Waals surface area (Å²) in [7, 11) is 0. The number of amides is 1. The quantitative estimate of drug-likeness (QED) is 0.637. The third kappa shape index (κ3) is 4.64. The summed E-state index contributed by atoms with van der Waals surface area (Å²) >= 11 is 1.43.